The van der Waals surface area contributed by atoms with E-state index in [1.807, 2.05) is 0 Å². The van der Waals surface area contributed by atoms with Crippen LogP contribution in [-0.2, 0) is 11.2 Å². The Hall–Kier alpha value is -3.35. The molecule has 2 aromatic carbocycles. The number of rotatable bonds is 7. The van der Waals surface area contributed by atoms with Gasteiger partial charge in [-0.15, -0.1) is 0 Å². The number of hydrazone groups is 1. The van der Waals surface area contributed by atoms with Crippen molar-refractivity contribution in [2.45, 2.75) is 12.8 Å². The third-order valence-electron chi connectivity index (χ3n) is 3.27. The van der Waals surface area contributed by atoms with Crippen LogP contribution in [0.2, 0.25) is 0 Å². The minimum absolute atomic E-state index is 0.0810. The van der Waals surface area contributed by atoms with Crippen molar-refractivity contribution in [3.05, 3.63) is 59.7 Å². The standard InChI is InChI=1S/C17H18N4O3/c18-20-11-19-15-3-1-2-13(10-15)17(24)21-14-7-4-12(5-8-14)6-9-16(22)23/h1-5,7-8,10-11H,6,9,18H2,(H,19,20)(H,21,24)(H,22,23). The highest BCUT2D eigenvalue weighted by atomic mass is 16.4. The molecule has 0 aliphatic heterocycles. The number of aliphatic carboxylic acids is 1. The van der Waals surface area contributed by atoms with E-state index in [2.05, 4.69) is 15.7 Å². The molecule has 0 atom stereocenters. The Morgan fingerprint density at radius 2 is 1.88 bits per heavy atom. The number of amides is 1. The number of carbonyl (C=O) groups excluding carboxylic acids is 1. The number of nitrogens with zero attached hydrogens (tertiary/aromatic N) is 1. The van der Waals surface area contributed by atoms with Gasteiger partial charge in [-0.1, -0.05) is 18.2 Å². The Labute approximate surface area is 139 Å². The minimum Gasteiger partial charge on any atom is -0.481 e. The molecular formula is C17H18N4O3. The van der Waals surface area contributed by atoms with Crippen molar-refractivity contribution in [2.24, 2.45) is 10.9 Å². The van der Waals surface area contributed by atoms with Gasteiger partial charge in [0.05, 0.1) is 0 Å². The number of anilines is 2. The van der Waals surface area contributed by atoms with E-state index in [0.29, 0.717) is 23.4 Å². The van der Waals surface area contributed by atoms with Crippen molar-refractivity contribution >= 4 is 29.6 Å². The van der Waals surface area contributed by atoms with Crippen molar-refractivity contribution in [3.8, 4) is 0 Å². The molecule has 7 nitrogen and oxygen atoms in total. The molecule has 2 rings (SSSR count). The molecule has 0 saturated heterocycles. The normalized spacial score (nSPS) is 10.5. The van der Waals surface area contributed by atoms with Crippen molar-refractivity contribution in [1.82, 2.24) is 0 Å². The van der Waals surface area contributed by atoms with E-state index in [4.69, 9.17) is 10.9 Å². The molecule has 0 aromatic heterocycles. The lowest BCUT2D eigenvalue weighted by Crippen LogP contribution is -2.12. The summed E-state index contributed by atoms with van der Waals surface area (Å²) in [7, 11) is 0. The van der Waals surface area contributed by atoms with Crippen LogP contribution in [0.25, 0.3) is 0 Å². The molecule has 0 spiro atoms. The number of carboxylic acids is 1. The van der Waals surface area contributed by atoms with Crippen molar-refractivity contribution in [3.63, 3.8) is 0 Å². The van der Waals surface area contributed by atoms with E-state index in [1.165, 1.54) is 6.34 Å². The molecule has 24 heavy (non-hydrogen) atoms. The maximum absolute atomic E-state index is 12.3. The van der Waals surface area contributed by atoms with Crippen LogP contribution in [0.3, 0.4) is 0 Å². The summed E-state index contributed by atoms with van der Waals surface area (Å²) in [6, 6.07) is 14.0. The summed E-state index contributed by atoms with van der Waals surface area (Å²) in [5.41, 5.74) is 2.73. The Kier molecular flexibility index (Phi) is 5.90. The van der Waals surface area contributed by atoms with E-state index in [1.54, 1.807) is 48.5 Å². The molecule has 0 fully saturated rings. The summed E-state index contributed by atoms with van der Waals surface area (Å²) in [4.78, 5) is 22.8. The van der Waals surface area contributed by atoms with Gasteiger partial charge < -0.3 is 21.6 Å². The first-order valence-electron chi connectivity index (χ1n) is 7.29. The average molecular weight is 326 g/mol. The zero-order valence-corrected chi connectivity index (χ0v) is 12.9. The molecule has 124 valence electrons. The zero-order valence-electron chi connectivity index (χ0n) is 12.9. The largest absolute Gasteiger partial charge is 0.481 e. The van der Waals surface area contributed by atoms with Gasteiger partial charge in [-0.05, 0) is 42.3 Å². The second-order valence-electron chi connectivity index (χ2n) is 5.05. The van der Waals surface area contributed by atoms with Crippen LogP contribution in [0.15, 0.2) is 53.6 Å². The average Bonchev–Trinajstić information content (AvgIpc) is 2.59. The SMILES string of the molecule is NN=CNc1cccc(C(=O)Nc2ccc(CCC(=O)O)cc2)c1. The number of carbonyl (C=O) groups is 2. The predicted molar refractivity (Wildman–Crippen MR) is 93.1 cm³/mol. The molecule has 0 aliphatic rings. The fraction of sp³-hybridized carbons (Fsp3) is 0.118. The van der Waals surface area contributed by atoms with Gasteiger partial charge in [0.25, 0.3) is 5.91 Å². The lowest BCUT2D eigenvalue weighted by atomic mass is 10.1. The Bertz CT molecular complexity index is 742. The molecule has 0 radical (unpaired) electrons. The second-order valence-corrected chi connectivity index (χ2v) is 5.05. The Balaban J connectivity index is 2.00. The smallest absolute Gasteiger partial charge is 0.303 e. The number of benzene rings is 2. The number of nitrogens with two attached hydrogens (primary N) is 1. The van der Waals surface area contributed by atoms with Crippen LogP contribution in [-0.4, -0.2) is 23.3 Å². The summed E-state index contributed by atoms with van der Waals surface area (Å²) in [6.45, 7) is 0. The molecule has 0 saturated carbocycles. The van der Waals surface area contributed by atoms with Crippen LogP contribution in [0, 0.1) is 0 Å². The fourth-order valence-corrected chi connectivity index (χ4v) is 2.07. The minimum atomic E-state index is -0.833. The molecule has 0 heterocycles. The van der Waals surface area contributed by atoms with Gasteiger partial charge >= 0.3 is 5.97 Å². The van der Waals surface area contributed by atoms with Gasteiger partial charge in [0.15, 0.2) is 0 Å². The van der Waals surface area contributed by atoms with Gasteiger partial charge in [0.1, 0.15) is 6.34 Å². The van der Waals surface area contributed by atoms with Gasteiger partial charge in [-0.3, -0.25) is 9.59 Å². The zero-order chi connectivity index (χ0) is 17.4. The van der Waals surface area contributed by atoms with Crippen LogP contribution >= 0.6 is 0 Å². The lowest BCUT2D eigenvalue weighted by Gasteiger charge is -2.08. The molecule has 7 heteroatoms. The van der Waals surface area contributed by atoms with Gasteiger partial charge in [-0.25, -0.2) is 0 Å². The third-order valence-corrected chi connectivity index (χ3v) is 3.27. The fourth-order valence-electron chi connectivity index (χ4n) is 2.07. The summed E-state index contributed by atoms with van der Waals surface area (Å²) in [5, 5.41) is 17.6. The summed E-state index contributed by atoms with van der Waals surface area (Å²) in [5.74, 6) is 3.94. The molecular weight excluding hydrogens is 308 g/mol. The summed E-state index contributed by atoms with van der Waals surface area (Å²) >= 11 is 0. The van der Waals surface area contributed by atoms with Gasteiger partial charge in [0, 0.05) is 23.4 Å². The lowest BCUT2D eigenvalue weighted by molar-refractivity contribution is -0.136. The molecule has 0 aliphatic carbocycles. The van der Waals surface area contributed by atoms with Gasteiger partial charge in [0.2, 0.25) is 0 Å². The summed E-state index contributed by atoms with van der Waals surface area (Å²) in [6.07, 6.45) is 1.87. The van der Waals surface area contributed by atoms with E-state index >= 15 is 0 Å². The van der Waals surface area contributed by atoms with E-state index in [0.717, 1.165) is 5.56 Å². The van der Waals surface area contributed by atoms with E-state index in [9.17, 15) is 9.59 Å². The molecule has 0 unspecified atom stereocenters. The second kappa shape index (κ2) is 8.33. The number of nitrogens with one attached hydrogen (secondary N) is 2. The van der Waals surface area contributed by atoms with Crippen LogP contribution in [0.5, 0.6) is 0 Å². The first-order valence-corrected chi connectivity index (χ1v) is 7.29. The van der Waals surface area contributed by atoms with Crippen molar-refractivity contribution in [1.29, 1.82) is 0 Å². The highest BCUT2D eigenvalue weighted by Gasteiger charge is 2.07. The maximum atomic E-state index is 12.3. The third kappa shape index (κ3) is 5.13. The van der Waals surface area contributed by atoms with E-state index in [-0.39, 0.29) is 12.3 Å². The first-order chi connectivity index (χ1) is 11.6. The summed E-state index contributed by atoms with van der Waals surface area (Å²) < 4.78 is 0. The molecule has 2 aromatic rings. The Morgan fingerprint density at radius 1 is 1.12 bits per heavy atom. The maximum Gasteiger partial charge on any atom is 0.303 e. The highest BCUT2D eigenvalue weighted by Crippen LogP contribution is 2.15. The number of hydrogen-bond acceptors (Lipinski definition) is 4. The molecule has 1 amide bonds. The van der Waals surface area contributed by atoms with Crippen LogP contribution in [0.4, 0.5) is 11.4 Å². The number of aryl methyl sites for hydroxylation is 1. The van der Waals surface area contributed by atoms with Crippen molar-refractivity contribution < 1.29 is 14.7 Å². The van der Waals surface area contributed by atoms with Crippen molar-refractivity contribution in [2.75, 3.05) is 10.6 Å². The molecule has 0 bridgehead atoms. The quantitative estimate of drug-likeness (QED) is 0.269. The van der Waals surface area contributed by atoms with Crippen LogP contribution in [0.1, 0.15) is 22.3 Å². The first kappa shape index (κ1) is 17.0. The van der Waals surface area contributed by atoms with Crippen LogP contribution < -0.4 is 16.5 Å². The number of carboxylic acid groups (broad SMARTS) is 1. The van der Waals surface area contributed by atoms with Gasteiger partial charge in [-0.2, -0.15) is 5.10 Å². The highest BCUT2D eigenvalue weighted by molar-refractivity contribution is 6.05. The predicted octanol–water partition coefficient (Wildman–Crippen LogP) is 2.27. The molecule has 5 N–H and O–H groups in total. The number of hydrogen-bond donors (Lipinski definition) is 4. The topological polar surface area (TPSA) is 117 Å². The Morgan fingerprint density at radius 3 is 2.54 bits per heavy atom. The van der Waals surface area contributed by atoms with E-state index < -0.39 is 5.97 Å². The monoisotopic (exact) mass is 326 g/mol.